The lowest BCUT2D eigenvalue weighted by atomic mass is 10.1. The number of hydrogen-bond donors (Lipinski definition) is 3. The zero-order valence-corrected chi connectivity index (χ0v) is 16.6. The molecule has 2 fully saturated rings. The molecule has 0 bridgehead atoms. The molecule has 2 aromatic rings. The summed E-state index contributed by atoms with van der Waals surface area (Å²) >= 11 is 0. The van der Waals surface area contributed by atoms with E-state index in [1.165, 1.54) is 12.8 Å². The molecule has 0 unspecified atom stereocenters. The smallest absolute Gasteiger partial charge is 0.318 e. The van der Waals surface area contributed by atoms with Gasteiger partial charge in [0.2, 0.25) is 0 Å². The third-order valence-electron chi connectivity index (χ3n) is 5.63. The Kier molecular flexibility index (Phi) is 5.76. The molecule has 1 aliphatic carbocycles. The Morgan fingerprint density at radius 2 is 1.90 bits per heavy atom. The summed E-state index contributed by atoms with van der Waals surface area (Å²) in [5.74, 6) is 1.47. The fourth-order valence-corrected chi connectivity index (χ4v) is 4.01. The second-order valence-corrected chi connectivity index (χ2v) is 7.63. The lowest BCUT2D eigenvalue weighted by Gasteiger charge is -2.19. The average Bonchev–Trinajstić information content (AvgIpc) is 3.38. The molecule has 2 aliphatic rings. The molecule has 2 amide bonds. The van der Waals surface area contributed by atoms with Crippen LogP contribution in [0.1, 0.15) is 42.9 Å². The maximum Gasteiger partial charge on any atom is 0.318 e. The molecule has 7 heteroatoms. The molecule has 7 nitrogen and oxygen atoms in total. The summed E-state index contributed by atoms with van der Waals surface area (Å²) in [4.78, 5) is 14.3. The summed E-state index contributed by atoms with van der Waals surface area (Å²) in [5.41, 5.74) is 4.74. The van der Waals surface area contributed by atoms with Crippen LogP contribution < -0.4 is 20.3 Å². The van der Waals surface area contributed by atoms with E-state index in [9.17, 15) is 4.79 Å². The van der Waals surface area contributed by atoms with Gasteiger partial charge in [-0.05, 0) is 61.1 Å². The summed E-state index contributed by atoms with van der Waals surface area (Å²) in [6, 6.07) is 13.0. The van der Waals surface area contributed by atoms with E-state index in [0.717, 1.165) is 35.5 Å². The van der Waals surface area contributed by atoms with Gasteiger partial charge in [-0.1, -0.05) is 18.2 Å². The van der Waals surface area contributed by atoms with Crippen molar-refractivity contribution in [2.24, 2.45) is 0 Å². The molecule has 1 aliphatic heterocycles. The van der Waals surface area contributed by atoms with Crippen LogP contribution >= 0.6 is 0 Å². The van der Waals surface area contributed by atoms with E-state index < -0.39 is 0 Å². The van der Waals surface area contributed by atoms with Crippen molar-refractivity contribution in [2.75, 3.05) is 19.1 Å². The van der Waals surface area contributed by atoms with Crippen LogP contribution in [0.15, 0.2) is 42.5 Å². The number of amides is 2. The molecule has 0 radical (unpaired) electrons. The fraction of sp³-hybridized carbons (Fsp3) is 0.409. The Morgan fingerprint density at radius 3 is 2.59 bits per heavy atom. The maximum atomic E-state index is 12.5. The van der Waals surface area contributed by atoms with Crippen molar-refractivity contribution in [1.29, 1.82) is 0 Å². The minimum absolute atomic E-state index is 0.0894. The van der Waals surface area contributed by atoms with E-state index in [0.29, 0.717) is 18.8 Å². The number of nitrogens with one attached hydrogen (secondary N) is 2. The number of anilines is 1. The van der Waals surface area contributed by atoms with Crippen LogP contribution in [-0.2, 0) is 6.54 Å². The highest BCUT2D eigenvalue weighted by Gasteiger charge is 2.30. The summed E-state index contributed by atoms with van der Waals surface area (Å²) in [6.07, 6.45) is 4.80. The summed E-state index contributed by atoms with van der Waals surface area (Å²) in [7, 11) is 1.65. The highest BCUT2D eigenvalue weighted by Crippen LogP contribution is 2.35. The first-order valence-corrected chi connectivity index (χ1v) is 10.1. The highest BCUT2D eigenvalue weighted by atomic mass is 16.5. The van der Waals surface area contributed by atoms with Crippen molar-refractivity contribution in [3.05, 3.63) is 53.6 Å². The molecule has 29 heavy (non-hydrogen) atoms. The maximum absolute atomic E-state index is 12.5. The lowest BCUT2D eigenvalue weighted by Crippen LogP contribution is -2.27. The van der Waals surface area contributed by atoms with Crippen LogP contribution in [0.4, 0.5) is 10.5 Å². The first-order chi connectivity index (χ1) is 14.2. The van der Waals surface area contributed by atoms with E-state index in [1.54, 1.807) is 24.1 Å². The minimum atomic E-state index is -0.0993. The number of hydrogen-bond acceptors (Lipinski definition) is 5. The number of carbonyl (C=O) groups excluding carboxylic acids is 1. The van der Waals surface area contributed by atoms with Crippen molar-refractivity contribution in [2.45, 2.75) is 44.4 Å². The molecule has 1 heterocycles. The molecule has 2 aromatic carbocycles. The van der Waals surface area contributed by atoms with Gasteiger partial charge >= 0.3 is 6.03 Å². The van der Waals surface area contributed by atoms with E-state index in [2.05, 4.69) is 10.8 Å². The lowest BCUT2D eigenvalue weighted by molar-refractivity contribution is 0.200. The Bertz CT molecular complexity index is 850. The number of methoxy groups -OCH3 is 1. The Balaban J connectivity index is 1.46. The Labute approximate surface area is 170 Å². The summed E-state index contributed by atoms with van der Waals surface area (Å²) in [6.45, 7) is 1.09. The molecule has 1 atom stereocenters. The number of rotatable bonds is 7. The van der Waals surface area contributed by atoms with E-state index in [4.69, 9.17) is 14.7 Å². The summed E-state index contributed by atoms with van der Waals surface area (Å²) < 4.78 is 11.7. The Hall–Kier alpha value is -2.93. The van der Waals surface area contributed by atoms with Gasteiger partial charge in [-0.15, -0.1) is 0 Å². The van der Waals surface area contributed by atoms with Crippen LogP contribution in [0.3, 0.4) is 0 Å². The molecular weight excluding hydrogens is 370 g/mol. The van der Waals surface area contributed by atoms with Gasteiger partial charge in [0.15, 0.2) is 11.5 Å². The van der Waals surface area contributed by atoms with E-state index in [-0.39, 0.29) is 18.2 Å². The van der Waals surface area contributed by atoms with Crippen LogP contribution in [0, 0.1) is 0 Å². The van der Waals surface area contributed by atoms with Gasteiger partial charge in [0, 0.05) is 13.1 Å². The van der Waals surface area contributed by atoms with Gasteiger partial charge in [0.05, 0.1) is 24.9 Å². The van der Waals surface area contributed by atoms with Gasteiger partial charge in [-0.3, -0.25) is 10.7 Å². The van der Waals surface area contributed by atoms with Gasteiger partial charge in [-0.2, -0.15) is 0 Å². The minimum Gasteiger partial charge on any atom is -0.493 e. The second-order valence-electron chi connectivity index (χ2n) is 7.63. The number of urea groups is 1. The van der Waals surface area contributed by atoms with E-state index in [1.807, 2.05) is 30.3 Å². The molecule has 3 N–H and O–H groups in total. The van der Waals surface area contributed by atoms with Crippen molar-refractivity contribution in [1.82, 2.24) is 10.2 Å². The fourth-order valence-electron chi connectivity index (χ4n) is 4.01. The largest absolute Gasteiger partial charge is 0.493 e. The Morgan fingerprint density at radius 1 is 1.14 bits per heavy atom. The average molecular weight is 397 g/mol. The van der Waals surface area contributed by atoms with Gasteiger partial charge in [-0.25, -0.2) is 4.79 Å². The standard InChI is InChI=1S/C22H27N3O4/c1-28-20-11-8-16(12-21(20)29-18-4-2-3-5-18)19-14-25(22(26)23-19)13-15-6-9-17(24-27)10-7-15/h6-12,18-19,24,27H,2-5,13-14H2,1H3,(H,23,26)/t19-/m1/s1. The SMILES string of the molecule is COc1ccc([C@H]2CN(Cc3ccc(NO)cc3)C(=O)N2)cc1OC1CCCC1. The topological polar surface area (TPSA) is 83.1 Å². The second kappa shape index (κ2) is 8.61. The van der Waals surface area contributed by atoms with Crippen LogP contribution in [0.5, 0.6) is 11.5 Å². The van der Waals surface area contributed by atoms with Crippen molar-refractivity contribution in [3.8, 4) is 11.5 Å². The van der Waals surface area contributed by atoms with Gasteiger partial charge < -0.3 is 19.7 Å². The van der Waals surface area contributed by atoms with Crippen LogP contribution in [0.2, 0.25) is 0 Å². The van der Waals surface area contributed by atoms with Crippen LogP contribution in [0.25, 0.3) is 0 Å². The zero-order valence-electron chi connectivity index (χ0n) is 16.6. The van der Waals surface area contributed by atoms with E-state index >= 15 is 0 Å². The van der Waals surface area contributed by atoms with Crippen LogP contribution in [-0.4, -0.2) is 35.9 Å². The normalized spacial score (nSPS) is 19.3. The van der Waals surface area contributed by atoms with Crippen molar-refractivity contribution >= 4 is 11.7 Å². The highest BCUT2D eigenvalue weighted by molar-refractivity contribution is 5.77. The molecular formula is C22H27N3O4. The van der Waals surface area contributed by atoms with Gasteiger partial charge in [0.1, 0.15) is 0 Å². The first kappa shape index (κ1) is 19.4. The van der Waals surface area contributed by atoms with Gasteiger partial charge in [0.25, 0.3) is 0 Å². The predicted octanol–water partition coefficient (Wildman–Crippen LogP) is 4.08. The predicted molar refractivity (Wildman–Crippen MR) is 109 cm³/mol. The molecule has 154 valence electrons. The zero-order chi connectivity index (χ0) is 20.2. The number of benzene rings is 2. The third-order valence-corrected chi connectivity index (χ3v) is 5.63. The number of nitrogens with zero attached hydrogens (tertiary/aromatic N) is 1. The third kappa shape index (κ3) is 4.40. The number of carbonyl (C=O) groups is 1. The molecule has 1 saturated heterocycles. The summed E-state index contributed by atoms with van der Waals surface area (Å²) in [5, 5.41) is 12.0. The molecule has 0 aromatic heterocycles. The first-order valence-electron chi connectivity index (χ1n) is 10.1. The molecule has 0 spiro atoms. The van der Waals surface area contributed by atoms with Crippen molar-refractivity contribution in [3.63, 3.8) is 0 Å². The quantitative estimate of drug-likeness (QED) is 0.613. The molecule has 4 rings (SSSR count). The number of ether oxygens (including phenoxy) is 2. The van der Waals surface area contributed by atoms with Crippen molar-refractivity contribution < 1.29 is 19.5 Å². The monoisotopic (exact) mass is 397 g/mol. The molecule has 1 saturated carbocycles.